The Kier molecular flexibility index (Phi) is 2.55. The zero-order valence-corrected chi connectivity index (χ0v) is 10.6. The van der Waals surface area contributed by atoms with E-state index in [0.29, 0.717) is 6.42 Å². The van der Waals surface area contributed by atoms with Crippen molar-refractivity contribution in [2.24, 2.45) is 0 Å². The van der Waals surface area contributed by atoms with E-state index in [0.717, 1.165) is 17.8 Å². The molecule has 6 heteroatoms. The molecule has 0 radical (unpaired) electrons. The van der Waals surface area contributed by atoms with E-state index >= 15 is 0 Å². The normalized spacial score (nSPS) is 23.2. The summed E-state index contributed by atoms with van der Waals surface area (Å²) in [5.74, 6) is 1.37. The average molecular weight is 266 g/mol. The lowest BCUT2D eigenvalue weighted by Crippen LogP contribution is -2.25. The SMILES string of the molecule is O=S1(=O)CCCC(c2ncc3cc(O)ccn23)C1. The highest BCUT2D eigenvalue weighted by Gasteiger charge is 2.28. The van der Waals surface area contributed by atoms with Gasteiger partial charge in [0, 0.05) is 18.2 Å². The first kappa shape index (κ1) is 11.5. The number of imidazole rings is 1. The van der Waals surface area contributed by atoms with Crippen LogP contribution in [-0.2, 0) is 9.84 Å². The molecule has 0 aliphatic carbocycles. The molecule has 96 valence electrons. The summed E-state index contributed by atoms with van der Waals surface area (Å²) in [6, 6.07) is 3.20. The lowest BCUT2D eigenvalue weighted by Gasteiger charge is -2.20. The Balaban J connectivity index is 2.04. The Labute approximate surface area is 105 Å². The van der Waals surface area contributed by atoms with E-state index in [1.165, 1.54) is 0 Å². The fraction of sp³-hybridized carbons (Fsp3) is 0.417. The highest BCUT2D eigenvalue weighted by Crippen LogP contribution is 2.28. The van der Waals surface area contributed by atoms with Crippen LogP contribution in [0, 0.1) is 0 Å². The van der Waals surface area contributed by atoms with Crippen LogP contribution in [0.1, 0.15) is 24.6 Å². The summed E-state index contributed by atoms with van der Waals surface area (Å²) in [5, 5.41) is 9.40. The quantitative estimate of drug-likeness (QED) is 0.845. The Morgan fingerprint density at radius 1 is 1.44 bits per heavy atom. The zero-order chi connectivity index (χ0) is 12.8. The molecule has 0 spiro atoms. The van der Waals surface area contributed by atoms with Crippen LogP contribution in [-0.4, -0.2) is 34.4 Å². The van der Waals surface area contributed by atoms with Crippen LogP contribution in [0.15, 0.2) is 24.5 Å². The fourth-order valence-electron chi connectivity index (χ4n) is 2.54. The molecule has 1 aliphatic rings. The van der Waals surface area contributed by atoms with Gasteiger partial charge in [0.15, 0.2) is 9.84 Å². The molecule has 3 heterocycles. The van der Waals surface area contributed by atoms with Crippen molar-refractivity contribution in [3.63, 3.8) is 0 Å². The largest absolute Gasteiger partial charge is 0.508 e. The van der Waals surface area contributed by atoms with Gasteiger partial charge in [0.1, 0.15) is 11.6 Å². The van der Waals surface area contributed by atoms with Gasteiger partial charge < -0.3 is 9.51 Å². The van der Waals surface area contributed by atoms with E-state index in [-0.39, 0.29) is 23.2 Å². The molecular weight excluding hydrogens is 252 g/mol. The minimum atomic E-state index is -2.94. The summed E-state index contributed by atoms with van der Waals surface area (Å²) in [7, 11) is -2.94. The summed E-state index contributed by atoms with van der Waals surface area (Å²) in [6.45, 7) is 0. The monoisotopic (exact) mass is 266 g/mol. The molecule has 18 heavy (non-hydrogen) atoms. The molecule has 0 amide bonds. The molecule has 1 saturated heterocycles. The first-order chi connectivity index (χ1) is 8.55. The molecule has 3 rings (SSSR count). The molecule has 0 aromatic carbocycles. The summed E-state index contributed by atoms with van der Waals surface area (Å²) >= 11 is 0. The van der Waals surface area contributed by atoms with Crippen LogP contribution in [0.3, 0.4) is 0 Å². The van der Waals surface area contributed by atoms with E-state index in [2.05, 4.69) is 4.98 Å². The molecule has 0 bridgehead atoms. The summed E-state index contributed by atoms with van der Waals surface area (Å²) < 4.78 is 25.2. The highest BCUT2D eigenvalue weighted by atomic mass is 32.2. The molecular formula is C12H14N2O3S. The number of hydrogen-bond acceptors (Lipinski definition) is 4. The number of sulfone groups is 1. The second-order valence-electron chi connectivity index (χ2n) is 4.75. The molecule has 2 aromatic rings. The average Bonchev–Trinajstić information content (AvgIpc) is 2.70. The molecule has 1 unspecified atom stereocenters. The first-order valence-electron chi connectivity index (χ1n) is 5.91. The van der Waals surface area contributed by atoms with Crippen LogP contribution < -0.4 is 0 Å². The van der Waals surface area contributed by atoms with Gasteiger partial charge in [0.25, 0.3) is 0 Å². The van der Waals surface area contributed by atoms with Crippen LogP contribution in [0.4, 0.5) is 0 Å². The van der Waals surface area contributed by atoms with E-state index in [4.69, 9.17) is 0 Å². The van der Waals surface area contributed by atoms with Gasteiger partial charge in [-0.2, -0.15) is 0 Å². The first-order valence-corrected chi connectivity index (χ1v) is 7.74. The number of aromatic nitrogens is 2. The van der Waals surface area contributed by atoms with Gasteiger partial charge in [-0.3, -0.25) is 0 Å². The predicted octanol–water partition coefficient (Wildman–Crippen LogP) is 1.33. The van der Waals surface area contributed by atoms with E-state index in [9.17, 15) is 13.5 Å². The second-order valence-corrected chi connectivity index (χ2v) is 6.98. The van der Waals surface area contributed by atoms with Crippen LogP contribution in [0.5, 0.6) is 5.75 Å². The van der Waals surface area contributed by atoms with Crippen molar-refractivity contribution >= 4 is 15.4 Å². The minimum Gasteiger partial charge on any atom is -0.508 e. The van der Waals surface area contributed by atoms with Crippen molar-refractivity contribution in [2.45, 2.75) is 18.8 Å². The van der Waals surface area contributed by atoms with Crippen molar-refractivity contribution in [1.29, 1.82) is 0 Å². The maximum absolute atomic E-state index is 11.7. The molecule has 1 fully saturated rings. The Bertz CT molecular complexity index is 690. The number of rotatable bonds is 1. The van der Waals surface area contributed by atoms with Gasteiger partial charge in [-0.1, -0.05) is 0 Å². The maximum Gasteiger partial charge on any atom is 0.151 e. The molecule has 1 atom stereocenters. The smallest absolute Gasteiger partial charge is 0.151 e. The fourth-order valence-corrected chi connectivity index (χ4v) is 4.24. The molecule has 2 aromatic heterocycles. The Hall–Kier alpha value is -1.56. The minimum absolute atomic E-state index is 0.0456. The third-order valence-corrected chi connectivity index (χ3v) is 5.19. The van der Waals surface area contributed by atoms with Gasteiger partial charge in [-0.25, -0.2) is 13.4 Å². The van der Waals surface area contributed by atoms with Crippen molar-refractivity contribution in [3.8, 4) is 5.75 Å². The lowest BCUT2D eigenvalue weighted by molar-refractivity contribution is 0.474. The third kappa shape index (κ3) is 1.96. The van der Waals surface area contributed by atoms with Crippen LogP contribution in [0.2, 0.25) is 0 Å². The number of hydrogen-bond donors (Lipinski definition) is 1. The lowest BCUT2D eigenvalue weighted by atomic mass is 10.1. The Morgan fingerprint density at radius 3 is 3.06 bits per heavy atom. The van der Waals surface area contributed by atoms with E-state index < -0.39 is 9.84 Å². The van der Waals surface area contributed by atoms with Crippen molar-refractivity contribution in [1.82, 2.24) is 9.38 Å². The number of fused-ring (bicyclic) bond motifs is 1. The van der Waals surface area contributed by atoms with Gasteiger partial charge in [-0.15, -0.1) is 0 Å². The van der Waals surface area contributed by atoms with Gasteiger partial charge in [0.05, 0.1) is 23.2 Å². The third-order valence-electron chi connectivity index (χ3n) is 3.37. The van der Waals surface area contributed by atoms with Crippen LogP contribution in [0.25, 0.3) is 5.52 Å². The number of aromatic hydroxyl groups is 1. The molecule has 1 aliphatic heterocycles. The molecule has 1 N–H and O–H groups in total. The summed E-state index contributed by atoms with van der Waals surface area (Å²) in [5.41, 5.74) is 0.785. The Morgan fingerprint density at radius 2 is 2.28 bits per heavy atom. The molecule has 5 nitrogen and oxygen atoms in total. The number of pyridine rings is 1. The van der Waals surface area contributed by atoms with Crippen molar-refractivity contribution < 1.29 is 13.5 Å². The predicted molar refractivity (Wildman–Crippen MR) is 67.5 cm³/mol. The summed E-state index contributed by atoms with van der Waals surface area (Å²) in [4.78, 5) is 4.31. The highest BCUT2D eigenvalue weighted by molar-refractivity contribution is 7.91. The zero-order valence-electron chi connectivity index (χ0n) is 9.78. The number of nitrogens with zero attached hydrogens (tertiary/aromatic N) is 2. The van der Waals surface area contributed by atoms with Gasteiger partial charge in [0.2, 0.25) is 0 Å². The van der Waals surface area contributed by atoms with Crippen molar-refractivity contribution in [3.05, 3.63) is 30.4 Å². The van der Waals surface area contributed by atoms with Crippen LogP contribution >= 0.6 is 0 Å². The van der Waals surface area contributed by atoms with Crippen molar-refractivity contribution in [2.75, 3.05) is 11.5 Å². The van der Waals surface area contributed by atoms with E-state index in [1.807, 2.05) is 4.40 Å². The standard InChI is InChI=1S/C12H14N2O3S/c15-11-3-4-14-10(6-11)7-13-12(14)9-2-1-5-18(16,17)8-9/h3-4,6-7,9,15H,1-2,5,8H2. The summed E-state index contributed by atoms with van der Waals surface area (Å²) in [6.07, 6.45) is 4.93. The topological polar surface area (TPSA) is 71.7 Å². The van der Waals surface area contributed by atoms with E-state index in [1.54, 1.807) is 24.5 Å². The van der Waals surface area contributed by atoms with Gasteiger partial charge >= 0.3 is 0 Å². The second kappa shape index (κ2) is 3.98. The van der Waals surface area contributed by atoms with Gasteiger partial charge in [-0.05, 0) is 18.9 Å². The molecule has 0 saturated carbocycles. The maximum atomic E-state index is 11.7.